The molecule has 0 aliphatic carbocycles. The van der Waals surface area contributed by atoms with Gasteiger partial charge in [0.2, 0.25) is 0 Å². The number of carbonyl (C=O) groups is 1. The minimum Gasteiger partial charge on any atom is -0.356 e. The van der Waals surface area contributed by atoms with Crippen molar-refractivity contribution < 1.29 is 9.18 Å². The molecule has 1 aromatic heterocycles. The number of halogens is 2. The highest BCUT2D eigenvalue weighted by Crippen LogP contribution is 2.24. The van der Waals surface area contributed by atoms with Gasteiger partial charge in [-0.25, -0.2) is 14.4 Å². The van der Waals surface area contributed by atoms with Crippen molar-refractivity contribution in [3.63, 3.8) is 0 Å². The van der Waals surface area contributed by atoms with Gasteiger partial charge in [-0.1, -0.05) is 41.9 Å². The summed E-state index contributed by atoms with van der Waals surface area (Å²) >= 11 is 5.80. The summed E-state index contributed by atoms with van der Waals surface area (Å²) in [4.78, 5) is 24.1. The van der Waals surface area contributed by atoms with Gasteiger partial charge >= 0.3 is 0 Å². The maximum absolute atomic E-state index is 13.4. The second-order valence-corrected chi connectivity index (χ2v) is 6.99. The number of benzene rings is 2. The van der Waals surface area contributed by atoms with Crippen LogP contribution in [0.15, 0.2) is 54.6 Å². The Morgan fingerprint density at radius 2 is 1.79 bits per heavy atom. The van der Waals surface area contributed by atoms with E-state index in [4.69, 9.17) is 11.6 Å². The number of hydrogen-bond acceptors (Lipinski definition) is 4. The Balaban J connectivity index is 1.69. The first kappa shape index (κ1) is 18.4. The lowest BCUT2D eigenvalue weighted by Gasteiger charge is -2.18. The zero-order valence-corrected chi connectivity index (χ0v) is 15.8. The molecular formula is C21H18ClFN4O. The third-order valence-electron chi connectivity index (χ3n) is 4.58. The number of anilines is 2. The number of hydrogen-bond donors (Lipinski definition) is 1. The van der Waals surface area contributed by atoms with Gasteiger partial charge < -0.3 is 10.2 Å². The van der Waals surface area contributed by atoms with E-state index in [2.05, 4.69) is 20.2 Å². The van der Waals surface area contributed by atoms with Crippen molar-refractivity contribution in [2.45, 2.75) is 12.8 Å². The van der Waals surface area contributed by atoms with E-state index in [9.17, 15) is 9.18 Å². The van der Waals surface area contributed by atoms with Crippen LogP contribution in [0.25, 0.3) is 11.4 Å². The molecule has 1 saturated heterocycles. The van der Waals surface area contributed by atoms with Crippen molar-refractivity contribution in [1.29, 1.82) is 0 Å². The predicted molar refractivity (Wildman–Crippen MR) is 108 cm³/mol. The van der Waals surface area contributed by atoms with Crippen LogP contribution in [0.2, 0.25) is 5.02 Å². The molecule has 1 aliphatic rings. The molecule has 2 aromatic carbocycles. The lowest BCUT2D eigenvalue weighted by atomic mass is 10.2. The molecule has 7 heteroatoms. The summed E-state index contributed by atoms with van der Waals surface area (Å²) in [5.41, 5.74) is 1.48. The van der Waals surface area contributed by atoms with Crippen LogP contribution >= 0.6 is 11.6 Å². The molecule has 5 nitrogen and oxygen atoms in total. The topological polar surface area (TPSA) is 58.1 Å². The van der Waals surface area contributed by atoms with Crippen LogP contribution in [0.5, 0.6) is 0 Å². The molecule has 0 saturated carbocycles. The fourth-order valence-corrected chi connectivity index (χ4v) is 3.32. The molecule has 1 amide bonds. The molecule has 2 heterocycles. The average molecular weight is 397 g/mol. The highest BCUT2D eigenvalue weighted by molar-refractivity contribution is 6.31. The maximum atomic E-state index is 13.4. The zero-order chi connectivity index (χ0) is 19.5. The lowest BCUT2D eigenvalue weighted by Crippen LogP contribution is -2.22. The molecule has 3 aromatic rings. The first-order valence-electron chi connectivity index (χ1n) is 9.06. The summed E-state index contributed by atoms with van der Waals surface area (Å²) in [6.45, 7) is 1.81. The van der Waals surface area contributed by atoms with Gasteiger partial charge in [-0.05, 0) is 31.0 Å². The fraction of sp³-hybridized carbons (Fsp3) is 0.190. The van der Waals surface area contributed by atoms with Gasteiger partial charge in [0.15, 0.2) is 5.82 Å². The molecule has 4 rings (SSSR count). The Kier molecular flexibility index (Phi) is 5.21. The number of amides is 1. The zero-order valence-electron chi connectivity index (χ0n) is 15.0. The van der Waals surface area contributed by atoms with E-state index in [-0.39, 0.29) is 10.7 Å². The van der Waals surface area contributed by atoms with Gasteiger partial charge in [-0.3, -0.25) is 4.79 Å². The highest BCUT2D eigenvalue weighted by atomic mass is 35.5. The summed E-state index contributed by atoms with van der Waals surface area (Å²) < 4.78 is 13.4. The first-order valence-corrected chi connectivity index (χ1v) is 9.44. The molecule has 0 unspecified atom stereocenters. The first-order chi connectivity index (χ1) is 13.6. The molecule has 0 bridgehead atoms. The summed E-state index contributed by atoms with van der Waals surface area (Å²) in [5.74, 6) is 0.285. The van der Waals surface area contributed by atoms with Crippen LogP contribution < -0.4 is 10.2 Å². The molecule has 1 aliphatic heterocycles. The third kappa shape index (κ3) is 3.97. The average Bonchev–Trinajstić information content (AvgIpc) is 3.26. The SMILES string of the molecule is O=C(Nc1ccc(F)c(Cl)c1)c1cc(N2CCCC2)nc(-c2ccccc2)n1. The largest absolute Gasteiger partial charge is 0.356 e. The summed E-state index contributed by atoms with van der Waals surface area (Å²) in [6.07, 6.45) is 2.20. The Morgan fingerprint density at radius 3 is 2.50 bits per heavy atom. The maximum Gasteiger partial charge on any atom is 0.274 e. The lowest BCUT2D eigenvalue weighted by molar-refractivity contribution is 0.102. The van der Waals surface area contributed by atoms with E-state index in [1.54, 1.807) is 6.07 Å². The van der Waals surface area contributed by atoms with Crippen LogP contribution in [-0.4, -0.2) is 29.0 Å². The van der Waals surface area contributed by atoms with E-state index in [0.29, 0.717) is 11.5 Å². The van der Waals surface area contributed by atoms with Crippen molar-refractivity contribution in [3.8, 4) is 11.4 Å². The van der Waals surface area contributed by atoms with Crippen LogP contribution in [-0.2, 0) is 0 Å². The van der Waals surface area contributed by atoms with Crippen LogP contribution in [0, 0.1) is 5.82 Å². The second-order valence-electron chi connectivity index (χ2n) is 6.58. The van der Waals surface area contributed by atoms with E-state index in [1.807, 2.05) is 30.3 Å². The van der Waals surface area contributed by atoms with Gasteiger partial charge in [0.05, 0.1) is 5.02 Å². The van der Waals surface area contributed by atoms with Gasteiger partial charge in [0, 0.05) is 30.4 Å². The minimum atomic E-state index is -0.538. The smallest absolute Gasteiger partial charge is 0.274 e. The fourth-order valence-electron chi connectivity index (χ4n) is 3.14. The quantitative estimate of drug-likeness (QED) is 0.689. The molecular weight excluding hydrogens is 379 g/mol. The molecule has 142 valence electrons. The summed E-state index contributed by atoms with van der Waals surface area (Å²) in [7, 11) is 0. The van der Waals surface area contributed by atoms with Crippen molar-refractivity contribution in [2.75, 3.05) is 23.3 Å². The van der Waals surface area contributed by atoms with E-state index >= 15 is 0 Å². The van der Waals surface area contributed by atoms with E-state index in [0.717, 1.165) is 37.3 Å². The second kappa shape index (κ2) is 7.94. The van der Waals surface area contributed by atoms with Crippen molar-refractivity contribution in [1.82, 2.24) is 9.97 Å². The van der Waals surface area contributed by atoms with Crippen molar-refractivity contribution >= 4 is 29.0 Å². The van der Waals surface area contributed by atoms with Gasteiger partial charge in [-0.2, -0.15) is 0 Å². The number of nitrogens with one attached hydrogen (secondary N) is 1. The molecule has 1 fully saturated rings. The van der Waals surface area contributed by atoms with E-state index in [1.165, 1.54) is 18.2 Å². The number of nitrogens with zero attached hydrogens (tertiary/aromatic N) is 3. The minimum absolute atomic E-state index is 0.0526. The normalized spacial score (nSPS) is 13.6. The summed E-state index contributed by atoms with van der Waals surface area (Å²) in [5, 5.41) is 2.67. The van der Waals surface area contributed by atoms with Gasteiger partial charge in [0.1, 0.15) is 17.3 Å². The van der Waals surface area contributed by atoms with Crippen molar-refractivity contribution in [3.05, 3.63) is 71.1 Å². The number of rotatable bonds is 4. The van der Waals surface area contributed by atoms with Crippen LogP contribution in [0.3, 0.4) is 0 Å². The standard InChI is InChI=1S/C21H18ClFN4O/c22-16-12-15(8-9-17(16)23)24-21(28)18-13-19(27-10-4-5-11-27)26-20(25-18)14-6-2-1-3-7-14/h1-3,6-9,12-13H,4-5,10-11H2,(H,24,28). The monoisotopic (exact) mass is 396 g/mol. The van der Waals surface area contributed by atoms with Crippen LogP contribution in [0.1, 0.15) is 23.3 Å². The Morgan fingerprint density at radius 1 is 1.04 bits per heavy atom. The number of aromatic nitrogens is 2. The molecule has 28 heavy (non-hydrogen) atoms. The third-order valence-corrected chi connectivity index (χ3v) is 4.87. The Hall–Kier alpha value is -2.99. The Bertz CT molecular complexity index is 1010. The molecule has 0 spiro atoms. The molecule has 0 radical (unpaired) electrons. The molecule has 0 atom stereocenters. The van der Waals surface area contributed by atoms with E-state index < -0.39 is 11.7 Å². The van der Waals surface area contributed by atoms with Gasteiger partial charge in [-0.15, -0.1) is 0 Å². The highest BCUT2D eigenvalue weighted by Gasteiger charge is 2.19. The number of carbonyl (C=O) groups excluding carboxylic acids is 1. The van der Waals surface area contributed by atoms with Crippen LogP contribution in [0.4, 0.5) is 15.9 Å². The van der Waals surface area contributed by atoms with Crippen molar-refractivity contribution in [2.24, 2.45) is 0 Å². The van der Waals surface area contributed by atoms with Gasteiger partial charge in [0.25, 0.3) is 5.91 Å². The Labute approximate surface area is 167 Å². The summed E-state index contributed by atoms with van der Waals surface area (Å²) in [6, 6.07) is 15.3. The predicted octanol–water partition coefficient (Wildman–Crippen LogP) is 4.79. The molecule has 1 N–H and O–H groups in total.